The van der Waals surface area contributed by atoms with Gasteiger partial charge < -0.3 is 0 Å². The van der Waals surface area contributed by atoms with Gasteiger partial charge in [0, 0.05) is 0 Å². The molecule has 0 rings (SSSR count). The van der Waals surface area contributed by atoms with Gasteiger partial charge in [0.2, 0.25) is 6.17 Å². The fourth-order valence-electron chi connectivity index (χ4n) is 0.565. The molecule has 0 fully saturated rings. The summed E-state index contributed by atoms with van der Waals surface area (Å²) < 4.78 is 86.8. The van der Waals surface area contributed by atoms with E-state index in [1.807, 2.05) is 0 Å². The van der Waals surface area contributed by atoms with E-state index in [9.17, 15) is 30.7 Å². The van der Waals surface area contributed by atoms with Crippen molar-refractivity contribution in [3.8, 4) is 0 Å². The van der Waals surface area contributed by atoms with Gasteiger partial charge in [-0.05, 0) is 27.0 Å². The second kappa shape index (κ2) is 4.60. The Morgan fingerprint density at radius 1 is 1.00 bits per heavy atom. The highest BCUT2D eigenvalue weighted by molar-refractivity contribution is 9.11. The maximum absolute atomic E-state index is 12.6. The first-order valence-electron chi connectivity index (χ1n) is 3.21. The van der Waals surface area contributed by atoms with Crippen molar-refractivity contribution >= 4 is 31.9 Å². The lowest BCUT2D eigenvalue weighted by Crippen LogP contribution is -2.52. The summed E-state index contributed by atoms with van der Waals surface area (Å²) in [6.07, 6.45) is -4.76. The molecule has 0 aliphatic rings. The number of allylic oxidation sites excluding steroid dienone is 1. The number of hydrogen-bond acceptors (Lipinski definition) is 0. The molecule has 0 bridgehead atoms. The van der Waals surface area contributed by atoms with Crippen molar-refractivity contribution in [2.75, 3.05) is 0 Å². The van der Waals surface area contributed by atoms with Gasteiger partial charge in [0.15, 0.2) is 0 Å². The fraction of sp³-hybridized carbons (Fsp3) is 0.667. The summed E-state index contributed by atoms with van der Waals surface area (Å²) in [6.45, 7) is 0. The van der Waals surface area contributed by atoms with Crippen LogP contribution in [0.1, 0.15) is 0 Å². The van der Waals surface area contributed by atoms with Crippen molar-refractivity contribution in [1.29, 1.82) is 0 Å². The van der Waals surface area contributed by atoms with Gasteiger partial charge in [0.25, 0.3) is 0 Å². The monoisotopic (exact) mass is 366 g/mol. The Morgan fingerprint density at radius 2 is 1.40 bits per heavy atom. The van der Waals surface area contributed by atoms with Crippen molar-refractivity contribution in [1.82, 2.24) is 0 Å². The highest BCUT2D eigenvalue weighted by Crippen LogP contribution is 2.46. The molecular formula is C6H3Br2F7. The molecule has 0 saturated heterocycles. The van der Waals surface area contributed by atoms with E-state index in [1.54, 1.807) is 0 Å². The van der Waals surface area contributed by atoms with E-state index in [-0.39, 0.29) is 0 Å². The standard InChI is InChI=1S/C6H3Br2F7/c7-2-1-4(10,11)5(12,13)3(9)6(8,14)15/h1-3H. The van der Waals surface area contributed by atoms with Gasteiger partial charge in [-0.15, -0.1) is 0 Å². The Hall–Kier alpha value is 0.210. The lowest BCUT2D eigenvalue weighted by molar-refractivity contribution is -0.240. The lowest BCUT2D eigenvalue weighted by atomic mass is 10.1. The van der Waals surface area contributed by atoms with Crippen LogP contribution in [0.15, 0.2) is 11.1 Å². The first-order chi connectivity index (χ1) is 6.47. The second-order valence-electron chi connectivity index (χ2n) is 2.44. The zero-order chi connectivity index (χ0) is 12.5. The smallest absolute Gasteiger partial charge is 0.233 e. The topological polar surface area (TPSA) is 0 Å². The minimum absolute atomic E-state index is 0.333. The first kappa shape index (κ1) is 15.2. The largest absolute Gasteiger partial charge is 0.351 e. The Balaban J connectivity index is 5.13. The van der Waals surface area contributed by atoms with Crippen LogP contribution in [-0.2, 0) is 0 Å². The first-order valence-corrected chi connectivity index (χ1v) is 4.92. The molecule has 0 spiro atoms. The van der Waals surface area contributed by atoms with Crippen LogP contribution < -0.4 is 0 Å². The van der Waals surface area contributed by atoms with Crippen LogP contribution >= 0.6 is 31.9 Å². The highest BCUT2D eigenvalue weighted by atomic mass is 79.9. The molecule has 0 aromatic heterocycles. The van der Waals surface area contributed by atoms with Gasteiger partial charge in [-0.1, -0.05) is 15.9 Å². The predicted molar refractivity (Wildman–Crippen MR) is 46.7 cm³/mol. The third kappa shape index (κ3) is 3.33. The highest BCUT2D eigenvalue weighted by Gasteiger charge is 2.67. The van der Waals surface area contributed by atoms with Crippen LogP contribution in [0.4, 0.5) is 30.7 Å². The summed E-state index contributed by atoms with van der Waals surface area (Å²) in [4.78, 5) is -4.40. The molecule has 0 radical (unpaired) electrons. The van der Waals surface area contributed by atoms with Crippen molar-refractivity contribution in [2.24, 2.45) is 0 Å². The molecule has 0 aliphatic heterocycles. The summed E-state index contributed by atoms with van der Waals surface area (Å²) >= 11 is 3.53. The average Bonchev–Trinajstić information content (AvgIpc) is 2.00. The van der Waals surface area contributed by atoms with Gasteiger partial charge in [0.05, 0.1) is 0 Å². The second-order valence-corrected chi connectivity index (χ2v) is 4.03. The Kier molecular flexibility index (Phi) is 4.67. The van der Waals surface area contributed by atoms with E-state index < -0.39 is 28.9 Å². The molecule has 0 aromatic carbocycles. The molecule has 90 valence electrons. The normalized spacial score (nSPS) is 17.1. The number of halogens is 9. The van der Waals surface area contributed by atoms with E-state index in [1.165, 1.54) is 15.9 Å². The quantitative estimate of drug-likeness (QED) is 0.507. The molecule has 15 heavy (non-hydrogen) atoms. The van der Waals surface area contributed by atoms with Crippen LogP contribution in [0.25, 0.3) is 0 Å². The molecule has 0 saturated carbocycles. The third-order valence-electron chi connectivity index (χ3n) is 1.32. The maximum atomic E-state index is 12.6. The number of rotatable bonds is 4. The molecule has 0 nitrogen and oxygen atoms in total. The number of hydrogen-bond donors (Lipinski definition) is 0. The van der Waals surface area contributed by atoms with Gasteiger partial charge in [0.1, 0.15) is 0 Å². The van der Waals surface area contributed by atoms with E-state index in [0.717, 1.165) is 0 Å². The summed E-state index contributed by atoms with van der Waals surface area (Å²) in [6, 6.07) is 0. The average molecular weight is 368 g/mol. The van der Waals surface area contributed by atoms with E-state index in [0.29, 0.717) is 4.99 Å². The predicted octanol–water partition coefficient (Wildman–Crippen LogP) is 4.49. The van der Waals surface area contributed by atoms with Gasteiger partial charge in [-0.25, -0.2) is 4.39 Å². The summed E-state index contributed by atoms with van der Waals surface area (Å²) in [5.74, 6) is -10.5. The Morgan fingerprint density at radius 3 is 1.67 bits per heavy atom. The van der Waals surface area contributed by atoms with Crippen molar-refractivity contribution < 1.29 is 30.7 Å². The SMILES string of the molecule is FC(C(F)(F)Br)C(F)(F)C(F)(F)C=CBr. The van der Waals surface area contributed by atoms with Crippen LogP contribution in [-0.4, -0.2) is 22.8 Å². The molecule has 0 heterocycles. The Bertz CT molecular complexity index is 244. The van der Waals surface area contributed by atoms with Crippen molar-refractivity contribution in [3.63, 3.8) is 0 Å². The fourth-order valence-corrected chi connectivity index (χ4v) is 1.18. The molecule has 1 atom stereocenters. The van der Waals surface area contributed by atoms with E-state index in [4.69, 9.17) is 0 Å². The minimum atomic E-state index is -5.52. The molecule has 0 amide bonds. The maximum Gasteiger partial charge on any atom is 0.351 e. The zero-order valence-electron chi connectivity index (χ0n) is 6.63. The molecule has 0 N–H and O–H groups in total. The molecule has 0 aliphatic carbocycles. The van der Waals surface area contributed by atoms with Crippen LogP contribution in [0.3, 0.4) is 0 Å². The molecule has 1 unspecified atom stereocenters. The summed E-state index contributed by atoms with van der Waals surface area (Å²) in [5, 5.41) is 0. The lowest BCUT2D eigenvalue weighted by Gasteiger charge is -2.28. The molecule has 0 aromatic rings. The van der Waals surface area contributed by atoms with Gasteiger partial charge in [-0.2, -0.15) is 26.3 Å². The molecule has 9 heteroatoms. The van der Waals surface area contributed by atoms with E-state index in [2.05, 4.69) is 15.9 Å². The number of alkyl halides is 8. The van der Waals surface area contributed by atoms with Crippen LogP contribution in [0.5, 0.6) is 0 Å². The van der Waals surface area contributed by atoms with E-state index >= 15 is 0 Å². The third-order valence-corrected chi connectivity index (χ3v) is 1.99. The minimum Gasteiger partial charge on any atom is -0.233 e. The zero-order valence-corrected chi connectivity index (χ0v) is 9.81. The van der Waals surface area contributed by atoms with Crippen LogP contribution in [0, 0.1) is 0 Å². The Labute approximate surface area is 96.8 Å². The van der Waals surface area contributed by atoms with Crippen LogP contribution in [0.2, 0.25) is 0 Å². The van der Waals surface area contributed by atoms with Gasteiger partial charge >= 0.3 is 16.7 Å². The molecular weight excluding hydrogens is 365 g/mol. The van der Waals surface area contributed by atoms with Gasteiger partial charge in [-0.3, -0.25) is 0 Å². The van der Waals surface area contributed by atoms with Crippen molar-refractivity contribution in [3.05, 3.63) is 11.1 Å². The summed E-state index contributed by atoms with van der Waals surface area (Å²) in [5.41, 5.74) is 0. The van der Waals surface area contributed by atoms with Crippen molar-refractivity contribution in [2.45, 2.75) is 22.8 Å². The summed E-state index contributed by atoms with van der Waals surface area (Å²) in [7, 11) is 0.